The van der Waals surface area contributed by atoms with E-state index in [0.717, 1.165) is 0 Å². The Morgan fingerprint density at radius 1 is 1.46 bits per heavy atom. The first kappa shape index (κ1) is 9.43. The fraction of sp³-hybridized carbons (Fsp3) is 0.200. The molecule has 1 aromatic rings. The summed E-state index contributed by atoms with van der Waals surface area (Å²) in [5.41, 5.74) is -1.69. The first-order valence-electron chi connectivity index (χ1n) is 3.81. The van der Waals surface area contributed by atoms with Gasteiger partial charge in [0.25, 0.3) is 0 Å². The number of aliphatic hydroxyl groups is 1. The van der Waals surface area contributed by atoms with E-state index in [2.05, 4.69) is 0 Å². The van der Waals surface area contributed by atoms with E-state index in [4.69, 9.17) is 5.26 Å². The highest BCUT2D eigenvalue weighted by Gasteiger charge is 2.34. The lowest BCUT2D eigenvalue weighted by atomic mass is 9.92. The Balaban J connectivity index is 3.21. The van der Waals surface area contributed by atoms with Crippen molar-refractivity contribution >= 4 is 5.78 Å². The van der Waals surface area contributed by atoms with Crippen LogP contribution in [0.5, 0.6) is 0 Å². The highest BCUT2D eigenvalue weighted by molar-refractivity contribution is 5.89. The van der Waals surface area contributed by atoms with Crippen LogP contribution in [0, 0.1) is 11.3 Å². The third-order valence-corrected chi connectivity index (χ3v) is 1.86. The molecule has 3 heteroatoms. The number of ketones is 1. The lowest BCUT2D eigenvalue weighted by molar-refractivity contribution is -0.130. The molecule has 1 rings (SSSR count). The van der Waals surface area contributed by atoms with Gasteiger partial charge in [0.1, 0.15) is 6.07 Å². The molecule has 0 fully saturated rings. The molecule has 0 spiro atoms. The van der Waals surface area contributed by atoms with Crippen LogP contribution in [0.15, 0.2) is 30.3 Å². The topological polar surface area (TPSA) is 61.1 Å². The summed E-state index contributed by atoms with van der Waals surface area (Å²) in [7, 11) is 0. The molecule has 0 aliphatic rings. The van der Waals surface area contributed by atoms with Crippen molar-refractivity contribution in [1.29, 1.82) is 5.26 Å². The zero-order chi connectivity index (χ0) is 9.90. The van der Waals surface area contributed by atoms with Gasteiger partial charge in [0.2, 0.25) is 5.60 Å². The van der Waals surface area contributed by atoms with Crippen LogP contribution in [0.25, 0.3) is 0 Å². The van der Waals surface area contributed by atoms with Crippen LogP contribution in [-0.4, -0.2) is 10.9 Å². The largest absolute Gasteiger partial charge is 0.366 e. The lowest BCUT2D eigenvalue weighted by Crippen LogP contribution is -2.31. The predicted octanol–water partition coefficient (Wildman–Crippen LogP) is 0.987. The van der Waals surface area contributed by atoms with Gasteiger partial charge in [0, 0.05) is 5.56 Å². The van der Waals surface area contributed by atoms with E-state index in [-0.39, 0.29) is 0 Å². The maximum absolute atomic E-state index is 11.0. The minimum absolute atomic E-state index is 0.310. The fourth-order valence-electron chi connectivity index (χ4n) is 1.03. The van der Waals surface area contributed by atoms with Crippen LogP contribution in [0.4, 0.5) is 0 Å². The first-order chi connectivity index (χ1) is 6.11. The molecule has 0 saturated carbocycles. The van der Waals surface area contributed by atoms with Gasteiger partial charge in [-0.25, -0.2) is 0 Å². The molecule has 0 heterocycles. The van der Waals surface area contributed by atoms with Crippen LogP contribution in [0.3, 0.4) is 0 Å². The molecule has 1 atom stereocenters. The summed E-state index contributed by atoms with van der Waals surface area (Å²) < 4.78 is 0. The standard InChI is InChI=1S/C10H9NO2/c1-8(12)10(13,7-11)9-5-3-2-4-6-9/h2-6,13H,1H3/t10-/m0/s1. The highest BCUT2D eigenvalue weighted by Crippen LogP contribution is 2.20. The minimum atomic E-state index is -2.00. The predicted molar refractivity (Wildman–Crippen MR) is 46.6 cm³/mol. The monoisotopic (exact) mass is 175 g/mol. The van der Waals surface area contributed by atoms with E-state index in [9.17, 15) is 9.90 Å². The number of benzene rings is 1. The number of hydrogen-bond donors (Lipinski definition) is 1. The summed E-state index contributed by atoms with van der Waals surface area (Å²) in [4.78, 5) is 11.0. The van der Waals surface area contributed by atoms with Crippen molar-refractivity contribution in [3.05, 3.63) is 35.9 Å². The van der Waals surface area contributed by atoms with Crippen molar-refractivity contribution < 1.29 is 9.90 Å². The number of nitrogens with zero attached hydrogens (tertiary/aromatic N) is 1. The number of hydrogen-bond acceptors (Lipinski definition) is 3. The van der Waals surface area contributed by atoms with Crippen LogP contribution in [0.2, 0.25) is 0 Å². The van der Waals surface area contributed by atoms with E-state index in [1.165, 1.54) is 6.92 Å². The Labute approximate surface area is 76.2 Å². The van der Waals surface area contributed by atoms with E-state index in [1.54, 1.807) is 36.4 Å². The van der Waals surface area contributed by atoms with Gasteiger partial charge in [-0.2, -0.15) is 5.26 Å². The van der Waals surface area contributed by atoms with Gasteiger partial charge in [-0.3, -0.25) is 4.79 Å². The average Bonchev–Trinajstić information content (AvgIpc) is 2.17. The molecule has 1 N–H and O–H groups in total. The van der Waals surface area contributed by atoms with Crippen molar-refractivity contribution in [1.82, 2.24) is 0 Å². The Morgan fingerprint density at radius 3 is 2.38 bits per heavy atom. The summed E-state index contributed by atoms with van der Waals surface area (Å²) in [6.07, 6.45) is 0. The second kappa shape index (κ2) is 3.38. The van der Waals surface area contributed by atoms with Crippen LogP contribution in [0.1, 0.15) is 12.5 Å². The Morgan fingerprint density at radius 2 is 2.00 bits per heavy atom. The highest BCUT2D eigenvalue weighted by atomic mass is 16.3. The van der Waals surface area contributed by atoms with Gasteiger partial charge in [0.15, 0.2) is 5.78 Å². The average molecular weight is 175 g/mol. The summed E-state index contributed by atoms with van der Waals surface area (Å²) in [6, 6.07) is 9.78. The molecular weight excluding hydrogens is 166 g/mol. The van der Waals surface area contributed by atoms with Gasteiger partial charge in [-0.15, -0.1) is 0 Å². The molecule has 13 heavy (non-hydrogen) atoms. The Hall–Kier alpha value is -1.66. The smallest absolute Gasteiger partial charge is 0.235 e. The second-order valence-corrected chi connectivity index (χ2v) is 2.74. The normalized spacial score (nSPS) is 14.2. The van der Waals surface area contributed by atoms with Gasteiger partial charge in [-0.1, -0.05) is 30.3 Å². The summed E-state index contributed by atoms with van der Waals surface area (Å²) >= 11 is 0. The third kappa shape index (κ3) is 1.58. The van der Waals surface area contributed by atoms with E-state index >= 15 is 0 Å². The first-order valence-corrected chi connectivity index (χ1v) is 3.81. The number of carbonyl (C=O) groups excluding carboxylic acids is 1. The maximum atomic E-state index is 11.0. The molecule has 3 nitrogen and oxygen atoms in total. The van der Waals surface area contributed by atoms with Crippen molar-refractivity contribution in [3.63, 3.8) is 0 Å². The molecule has 66 valence electrons. The Kier molecular flexibility index (Phi) is 2.45. The molecule has 0 aliphatic carbocycles. The molecule has 0 bridgehead atoms. The van der Waals surface area contributed by atoms with Gasteiger partial charge < -0.3 is 5.11 Å². The van der Waals surface area contributed by atoms with Gasteiger partial charge >= 0.3 is 0 Å². The summed E-state index contributed by atoms with van der Waals surface area (Å²) in [5.74, 6) is -0.568. The SMILES string of the molecule is CC(=O)[C@@](O)(C#N)c1ccccc1. The molecule has 0 amide bonds. The zero-order valence-corrected chi connectivity index (χ0v) is 7.19. The number of Topliss-reactive ketones (excluding diaryl/α,β-unsaturated/α-hetero) is 1. The number of rotatable bonds is 2. The molecule has 0 unspecified atom stereocenters. The summed E-state index contributed by atoms with van der Waals surface area (Å²) in [6.45, 7) is 1.19. The number of carbonyl (C=O) groups is 1. The number of nitriles is 1. The molecule has 0 aromatic heterocycles. The fourth-order valence-corrected chi connectivity index (χ4v) is 1.03. The maximum Gasteiger partial charge on any atom is 0.235 e. The van der Waals surface area contributed by atoms with E-state index in [1.807, 2.05) is 0 Å². The van der Waals surface area contributed by atoms with E-state index < -0.39 is 11.4 Å². The van der Waals surface area contributed by atoms with Crippen LogP contribution < -0.4 is 0 Å². The Bertz CT molecular complexity index is 353. The molecule has 1 aromatic carbocycles. The van der Waals surface area contributed by atoms with E-state index in [0.29, 0.717) is 5.56 Å². The molecular formula is C10H9NO2. The zero-order valence-electron chi connectivity index (χ0n) is 7.19. The molecule has 0 saturated heterocycles. The van der Waals surface area contributed by atoms with Crippen LogP contribution >= 0.6 is 0 Å². The van der Waals surface area contributed by atoms with Gasteiger partial charge in [-0.05, 0) is 6.92 Å². The summed E-state index contributed by atoms with van der Waals surface area (Å²) in [5, 5.41) is 18.3. The van der Waals surface area contributed by atoms with Crippen LogP contribution in [-0.2, 0) is 10.4 Å². The van der Waals surface area contributed by atoms with Crippen molar-refractivity contribution in [3.8, 4) is 6.07 Å². The second-order valence-electron chi connectivity index (χ2n) is 2.74. The van der Waals surface area contributed by atoms with Gasteiger partial charge in [0.05, 0.1) is 0 Å². The lowest BCUT2D eigenvalue weighted by Gasteiger charge is -2.16. The minimum Gasteiger partial charge on any atom is -0.366 e. The van der Waals surface area contributed by atoms with Crippen molar-refractivity contribution in [2.45, 2.75) is 12.5 Å². The molecule has 0 aliphatic heterocycles. The quantitative estimate of drug-likeness (QED) is 0.682. The van der Waals surface area contributed by atoms with Crippen molar-refractivity contribution in [2.75, 3.05) is 0 Å². The van der Waals surface area contributed by atoms with Crippen molar-refractivity contribution in [2.24, 2.45) is 0 Å². The molecule has 0 radical (unpaired) electrons. The third-order valence-electron chi connectivity index (χ3n) is 1.86.